The molecule has 1 rings (SSSR count). The number of rotatable bonds is 4. The van der Waals surface area contributed by atoms with Crippen LogP contribution in [0.4, 0.5) is 0 Å². The molecule has 3 nitrogen and oxygen atoms in total. The van der Waals surface area contributed by atoms with Crippen molar-refractivity contribution in [2.45, 2.75) is 13.8 Å². The van der Waals surface area contributed by atoms with Crippen LogP contribution < -0.4 is 5.32 Å². The molecule has 0 aliphatic heterocycles. The lowest BCUT2D eigenvalue weighted by Gasteiger charge is -2.21. The molecule has 0 saturated heterocycles. The van der Waals surface area contributed by atoms with Gasteiger partial charge in [0.2, 0.25) is 0 Å². The summed E-state index contributed by atoms with van der Waals surface area (Å²) in [5.41, 5.74) is 0.170. The highest BCUT2D eigenvalue weighted by Crippen LogP contribution is 2.20. The van der Waals surface area contributed by atoms with Crippen molar-refractivity contribution in [2.24, 2.45) is 5.41 Å². The van der Waals surface area contributed by atoms with Crippen LogP contribution in [0.1, 0.15) is 24.2 Å². The summed E-state index contributed by atoms with van der Waals surface area (Å²) >= 11 is 9.14. The third-order valence-electron chi connectivity index (χ3n) is 2.28. The lowest BCUT2D eigenvalue weighted by Crippen LogP contribution is -2.36. The topological polar surface area (TPSA) is 49.3 Å². The number of halogens is 2. The van der Waals surface area contributed by atoms with E-state index in [0.717, 1.165) is 4.47 Å². The highest BCUT2D eigenvalue weighted by molar-refractivity contribution is 9.10. The standard InChI is InChI=1S/C12H15BrClNO2/c1-12(2,7-16)6-15-11(17)8-3-9(13)5-10(14)4-8/h3-5,16H,6-7H2,1-2H3,(H,15,17). The first-order valence-corrected chi connectivity index (χ1v) is 6.36. The lowest BCUT2D eigenvalue weighted by atomic mass is 9.95. The molecule has 0 heterocycles. The second kappa shape index (κ2) is 5.85. The first kappa shape index (κ1) is 14.5. The average molecular weight is 321 g/mol. The monoisotopic (exact) mass is 319 g/mol. The zero-order valence-corrected chi connectivity index (χ0v) is 12.1. The largest absolute Gasteiger partial charge is 0.396 e. The molecule has 0 bridgehead atoms. The zero-order valence-electron chi connectivity index (χ0n) is 9.76. The maximum absolute atomic E-state index is 11.8. The summed E-state index contributed by atoms with van der Waals surface area (Å²) in [6.45, 7) is 4.18. The van der Waals surface area contributed by atoms with Gasteiger partial charge in [-0.25, -0.2) is 0 Å². The van der Waals surface area contributed by atoms with E-state index in [2.05, 4.69) is 21.2 Å². The van der Waals surface area contributed by atoms with Gasteiger partial charge >= 0.3 is 0 Å². The minimum Gasteiger partial charge on any atom is -0.396 e. The summed E-state index contributed by atoms with van der Waals surface area (Å²) in [4.78, 5) is 11.8. The third kappa shape index (κ3) is 4.66. The van der Waals surface area contributed by atoms with E-state index < -0.39 is 0 Å². The van der Waals surface area contributed by atoms with Crippen molar-refractivity contribution in [1.82, 2.24) is 5.32 Å². The number of carbonyl (C=O) groups excluding carboxylic acids is 1. The Labute approximate surface area is 114 Å². The molecular formula is C12H15BrClNO2. The van der Waals surface area contributed by atoms with Crippen LogP contribution in [0, 0.1) is 5.41 Å². The van der Waals surface area contributed by atoms with Crippen molar-refractivity contribution in [1.29, 1.82) is 0 Å². The normalized spacial score (nSPS) is 11.4. The number of carbonyl (C=O) groups is 1. The first-order valence-electron chi connectivity index (χ1n) is 5.19. The van der Waals surface area contributed by atoms with Gasteiger partial charge in [0.1, 0.15) is 0 Å². The van der Waals surface area contributed by atoms with Gasteiger partial charge in [0, 0.05) is 33.6 Å². The number of benzene rings is 1. The molecular weight excluding hydrogens is 305 g/mol. The summed E-state index contributed by atoms with van der Waals surface area (Å²) in [6, 6.07) is 5.02. The Kier molecular flexibility index (Phi) is 4.98. The molecule has 1 aromatic rings. The highest BCUT2D eigenvalue weighted by Gasteiger charge is 2.18. The maximum atomic E-state index is 11.8. The van der Waals surface area contributed by atoms with Gasteiger partial charge in [-0.2, -0.15) is 0 Å². The molecule has 0 aliphatic carbocycles. The van der Waals surface area contributed by atoms with Crippen LogP contribution in [-0.4, -0.2) is 24.2 Å². The van der Waals surface area contributed by atoms with Crippen molar-refractivity contribution in [3.8, 4) is 0 Å². The second-order valence-corrected chi connectivity index (χ2v) is 6.02. The Bertz CT molecular complexity index is 401. The molecule has 5 heteroatoms. The van der Waals surface area contributed by atoms with Crippen molar-refractivity contribution < 1.29 is 9.90 Å². The van der Waals surface area contributed by atoms with Crippen LogP contribution in [0.25, 0.3) is 0 Å². The van der Waals surface area contributed by atoms with Gasteiger partial charge in [-0.1, -0.05) is 41.4 Å². The number of nitrogens with one attached hydrogen (secondary N) is 1. The molecule has 1 amide bonds. The third-order valence-corrected chi connectivity index (χ3v) is 2.96. The Morgan fingerprint density at radius 3 is 2.65 bits per heavy atom. The molecule has 17 heavy (non-hydrogen) atoms. The Balaban J connectivity index is 2.70. The predicted molar refractivity (Wildman–Crippen MR) is 72.4 cm³/mol. The number of aliphatic hydroxyl groups excluding tert-OH is 1. The molecule has 2 N–H and O–H groups in total. The van der Waals surface area contributed by atoms with Crippen LogP contribution >= 0.6 is 27.5 Å². The van der Waals surface area contributed by atoms with E-state index in [-0.39, 0.29) is 17.9 Å². The van der Waals surface area contributed by atoms with E-state index in [1.54, 1.807) is 18.2 Å². The quantitative estimate of drug-likeness (QED) is 0.896. The summed E-state index contributed by atoms with van der Waals surface area (Å²) in [6.07, 6.45) is 0. The Morgan fingerprint density at radius 1 is 1.47 bits per heavy atom. The molecule has 0 aliphatic rings. The van der Waals surface area contributed by atoms with Gasteiger partial charge < -0.3 is 10.4 Å². The maximum Gasteiger partial charge on any atom is 0.251 e. The molecule has 94 valence electrons. The summed E-state index contributed by atoms with van der Waals surface area (Å²) < 4.78 is 0.761. The van der Waals surface area contributed by atoms with Gasteiger partial charge in [0.05, 0.1) is 0 Å². The van der Waals surface area contributed by atoms with Gasteiger partial charge in [-0.15, -0.1) is 0 Å². The fraction of sp³-hybridized carbons (Fsp3) is 0.417. The summed E-state index contributed by atoms with van der Waals surface area (Å²) in [5, 5.41) is 12.4. The van der Waals surface area contributed by atoms with E-state index in [1.165, 1.54) is 0 Å². The fourth-order valence-electron chi connectivity index (χ4n) is 1.16. The Hall–Kier alpha value is -0.580. The van der Waals surface area contributed by atoms with Gasteiger partial charge in [-0.3, -0.25) is 4.79 Å². The first-order chi connectivity index (χ1) is 7.84. The van der Waals surface area contributed by atoms with Gasteiger partial charge in [-0.05, 0) is 18.2 Å². The van der Waals surface area contributed by atoms with Crippen molar-refractivity contribution in [2.75, 3.05) is 13.2 Å². The number of hydrogen-bond donors (Lipinski definition) is 2. The van der Waals surface area contributed by atoms with Crippen LogP contribution in [0.2, 0.25) is 5.02 Å². The van der Waals surface area contributed by atoms with Gasteiger partial charge in [0.15, 0.2) is 0 Å². The van der Waals surface area contributed by atoms with Crippen molar-refractivity contribution in [3.05, 3.63) is 33.3 Å². The number of hydrogen-bond acceptors (Lipinski definition) is 2. The van der Waals surface area contributed by atoms with Crippen LogP contribution in [0.15, 0.2) is 22.7 Å². The van der Waals surface area contributed by atoms with Gasteiger partial charge in [0.25, 0.3) is 5.91 Å². The highest BCUT2D eigenvalue weighted by atomic mass is 79.9. The molecule has 0 saturated carbocycles. The van der Waals surface area contributed by atoms with Crippen molar-refractivity contribution >= 4 is 33.4 Å². The lowest BCUT2D eigenvalue weighted by molar-refractivity contribution is 0.0911. The van der Waals surface area contributed by atoms with E-state index in [0.29, 0.717) is 17.1 Å². The second-order valence-electron chi connectivity index (χ2n) is 4.66. The predicted octanol–water partition coefficient (Wildman–Crippen LogP) is 2.85. The molecule has 0 aromatic heterocycles. The number of aliphatic hydroxyl groups is 1. The van der Waals surface area contributed by atoms with E-state index in [4.69, 9.17) is 16.7 Å². The van der Waals surface area contributed by atoms with Crippen LogP contribution in [0.3, 0.4) is 0 Å². The molecule has 0 fully saturated rings. The minimum atomic E-state index is -0.328. The molecule has 0 atom stereocenters. The summed E-state index contributed by atoms with van der Waals surface area (Å²) in [5.74, 6) is -0.199. The summed E-state index contributed by atoms with van der Waals surface area (Å²) in [7, 11) is 0. The SMILES string of the molecule is CC(C)(CO)CNC(=O)c1cc(Cl)cc(Br)c1. The molecule has 1 aromatic carbocycles. The van der Waals surface area contributed by atoms with Crippen LogP contribution in [-0.2, 0) is 0 Å². The van der Waals surface area contributed by atoms with E-state index in [9.17, 15) is 4.79 Å². The number of amides is 1. The minimum absolute atomic E-state index is 0.0204. The zero-order chi connectivity index (χ0) is 13.1. The fourth-order valence-corrected chi connectivity index (χ4v) is 2.02. The molecule has 0 unspecified atom stereocenters. The van der Waals surface area contributed by atoms with Crippen molar-refractivity contribution in [3.63, 3.8) is 0 Å². The van der Waals surface area contributed by atoms with E-state index in [1.807, 2.05) is 13.8 Å². The van der Waals surface area contributed by atoms with Crippen LogP contribution in [0.5, 0.6) is 0 Å². The molecule has 0 radical (unpaired) electrons. The average Bonchev–Trinajstić information content (AvgIpc) is 2.24. The smallest absolute Gasteiger partial charge is 0.251 e. The molecule has 0 spiro atoms. The van der Waals surface area contributed by atoms with E-state index >= 15 is 0 Å². The Morgan fingerprint density at radius 2 is 2.12 bits per heavy atom.